The number of aryl methyl sites for hydroxylation is 1. The Labute approximate surface area is 173 Å². The topological polar surface area (TPSA) is 66.9 Å². The Kier molecular flexibility index (Phi) is 6.92. The highest BCUT2D eigenvalue weighted by atomic mass is 32.2. The van der Waals surface area contributed by atoms with Crippen molar-refractivity contribution in [1.29, 1.82) is 0 Å². The summed E-state index contributed by atoms with van der Waals surface area (Å²) in [6.07, 6.45) is 0.0225. The van der Waals surface area contributed by atoms with E-state index in [4.69, 9.17) is 4.74 Å². The van der Waals surface area contributed by atoms with Gasteiger partial charge in [0.25, 0.3) is 0 Å². The van der Waals surface area contributed by atoms with Crippen LogP contribution in [0.4, 0.5) is 0 Å². The molecular weight excluding hydrogens is 388 g/mol. The summed E-state index contributed by atoms with van der Waals surface area (Å²) in [5.41, 5.74) is 2.21. The van der Waals surface area contributed by atoms with Gasteiger partial charge in [-0.1, -0.05) is 29.8 Å². The van der Waals surface area contributed by atoms with E-state index < -0.39 is 9.84 Å². The third kappa shape index (κ3) is 5.81. The van der Waals surface area contributed by atoms with E-state index in [2.05, 4.69) is 4.90 Å². The van der Waals surface area contributed by atoms with Crippen molar-refractivity contribution in [2.45, 2.75) is 24.8 Å². The van der Waals surface area contributed by atoms with Gasteiger partial charge in [0.2, 0.25) is 5.91 Å². The number of methoxy groups -OCH3 is 1. The van der Waals surface area contributed by atoms with E-state index in [1.54, 1.807) is 36.3 Å². The number of sulfone groups is 1. The molecule has 1 saturated heterocycles. The summed E-state index contributed by atoms with van der Waals surface area (Å²) in [5, 5.41) is 0. The van der Waals surface area contributed by atoms with Crippen molar-refractivity contribution in [3.8, 4) is 5.75 Å². The van der Waals surface area contributed by atoms with Crippen LogP contribution in [0.15, 0.2) is 53.4 Å². The maximum Gasteiger partial charge on any atom is 0.223 e. The molecule has 1 amide bonds. The zero-order valence-electron chi connectivity index (χ0n) is 17.0. The third-order valence-electron chi connectivity index (χ3n) is 5.25. The first kappa shape index (κ1) is 21.3. The SMILES string of the molecule is COc1ccc(CN2CCN(C(=O)CCS(=O)(=O)c3ccc(C)cc3)CC2)cc1. The van der Waals surface area contributed by atoms with E-state index in [-0.39, 0.29) is 23.0 Å². The van der Waals surface area contributed by atoms with Gasteiger partial charge in [0.05, 0.1) is 17.8 Å². The highest BCUT2D eigenvalue weighted by molar-refractivity contribution is 7.91. The summed E-state index contributed by atoms with van der Waals surface area (Å²) in [5.74, 6) is 0.593. The van der Waals surface area contributed by atoms with E-state index in [1.165, 1.54) is 5.56 Å². The van der Waals surface area contributed by atoms with Crippen LogP contribution in [0.3, 0.4) is 0 Å². The number of amides is 1. The maximum atomic E-state index is 12.5. The van der Waals surface area contributed by atoms with Gasteiger partial charge in [-0.25, -0.2) is 8.42 Å². The lowest BCUT2D eigenvalue weighted by Crippen LogP contribution is -2.48. The predicted octanol–water partition coefficient (Wildman–Crippen LogP) is 2.51. The number of piperazine rings is 1. The second-order valence-electron chi connectivity index (χ2n) is 7.39. The first-order valence-corrected chi connectivity index (χ1v) is 11.4. The summed E-state index contributed by atoms with van der Waals surface area (Å²) >= 11 is 0. The van der Waals surface area contributed by atoms with Gasteiger partial charge in [-0.2, -0.15) is 0 Å². The van der Waals surface area contributed by atoms with Crippen molar-refractivity contribution in [3.63, 3.8) is 0 Å². The fraction of sp³-hybridized carbons (Fsp3) is 0.409. The molecule has 0 aromatic heterocycles. The number of carbonyl (C=O) groups is 1. The van der Waals surface area contributed by atoms with Gasteiger partial charge >= 0.3 is 0 Å². The number of hydrogen-bond acceptors (Lipinski definition) is 5. The van der Waals surface area contributed by atoms with Crippen LogP contribution in [0.2, 0.25) is 0 Å². The molecule has 0 unspecified atom stereocenters. The molecule has 0 radical (unpaired) electrons. The van der Waals surface area contributed by atoms with E-state index >= 15 is 0 Å². The second kappa shape index (κ2) is 9.41. The molecule has 29 heavy (non-hydrogen) atoms. The third-order valence-corrected chi connectivity index (χ3v) is 6.99. The maximum absolute atomic E-state index is 12.5. The monoisotopic (exact) mass is 416 g/mol. The first-order chi connectivity index (χ1) is 13.9. The number of nitrogens with zero attached hydrogens (tertiary/aromatic N) is 2. The lowest BCUT2D eigenvalue weighted by atomic mass is 10.2. The van der Waals surface area contributed by atoms with Gasteiger partial charge in [-0.15, -0.1) is 0 Å². The number of hydrogen-bond donors (Lipinski definition) is 0. The van der Waals surface area contributed by atoms with Crippen molar-refractivity contribution in [3.05, 3.63) is 59.7 Å². The molecule has 0 saturated carbocycles. The zero-order valence-corrected chi connectivity index (χ0v) is 17.8. The van der Waals surface area contributed by atoms with Crippen LogP contribution < -0.4 is 4.74 Å². The summed E-state index contributed by atoms with van der Waals surface area (Å²) in [7, 11) is -1.79. The summed E-state index contributed by atoms with van der Waals surface area (Å²) in [6, 6.07) is 14.7. The quantitative estimate of drug-likeness (QED) is 0.694. The minimum Gasteiger partial charge on any atom is -0.497 e. The molecule has 156 valence electrons. The fourth-order valence-electron chi connectivity index (χ4n) is 3.39. The van der Waals surface area contributed by atoms with Crippen LogP contribution in [-0.2, 0) is 21.2 Å². The lowest BCUT2D eigenvalue weighted by molar-refractivity contribution is -0.132. The van der Waals surface area contributed by atoms with Gasteiger partial charge in [0.15, 0.2) is 9.84 Å². The molecule has 2 aromatic rings. The average Bonchev–Trinajstić information content (AvgIpc) is 2.73. The Hall–Kier alpha value is -2.38. The Morgan fingerprint density at radius 3 is 2.17 bits per heavy atom. The molecule has 0 N–H and O–H groups in total. The van der Waals surface area contributed by atoms with Crippen LogP contribution in [0.1, 0.15) is 17.5 Å². The highest BCUT2D eigenvalue weighted by Gasteiger charge is 2.23. The Bertz CT molecular complexity index is 916. The predicted molar refractivity (Wildman–Crippen MR) is 113 cm³/mol. The van der Waals surface area contributed by atoms with Gasteiger partial charge in [-0.3, -0.25) is 9.69 Å². The molecule has 6 nitrogen and oxygen atoms in total. The standard InChI is InChI=1S/C22H28N2O4S/c1-18-3-9-21(10-4-18)29(26,27)16-11-22(25)24-14-12-23(13-15-24)17-19-5-7-20(28-2)8-6-19/h3-10H,11-17H2,1-2H3. The fourth-order valence-corrected chi connectivity index (χ4v) is 4.62. The van der Waals surface area contributed by atoms with Crippen molar-refractivity contribution in [2.75, 3.05) is 39.0 Å². The van der Waals surface area contributed by atoms with Gasteiger partial charge < -0.3 is 9.64 Å². The van der Waals surface area contributed by atoms with Crippen LogP contribution in [0.25, 0.3) is 0 Å². The number of ether oxygens (including phenoxy) is 1. The van der Waals surface area contributed by atoms with Crippen LogP contribution in [0, 0.1) is 6.92 Å². The largest absolute Gasteiger partial charge is 0.497 e. The Balaban J connectivity index is 1.46. The first-order valence-electron chi connectivity index (χ1n) is 9.80. The molecule has 0 atom stereocenters. The van der Waals surface area contributed by atoms with Crippen LogP contribution >= 0.6 is 0 Å². The zero-order chi connectivity index (χ0) is 20.9. The normalized spacial score (nSPS) is 15.3. The molecule has 3 rings (SSSR count). The Morgan fingerprint density at radius 1 is 0.966 bits per heavy atom. The molecule has 0 bridgehead atoms. The minimum atomic E-state index is -3.44. The number of rotatable bonds is 7. The van der Waals surface area contributed by atoms with Crippen molar-refractivity contribution >= 4 is 15.7 Å². The average molecular weight is 417 g/mol. The molecule has 0 aliphatic carbocycles. The molecule has 1 fully saturated rings. The van der Waals surface area contributed by atoms with E-state index in [0.717, 1.165) is 30.9 Å². The van der Waals surface area contributed by atoms with E-state index in [1.807, 2.05) is 31.2 Å². The van der Waals surface area contributed by atoms with E-state index in [0.29, 0.717) is 13.1 Å². The minimum absolute atomic E-state index is 0.0225. The number of benzene rings is 2. The van der Waals surface area contributed by atoms with Gasteiger partial charge in [-0.05, 0) is 36.8 Å². The smallest absolute Gasteiger partial charge is 0.223 e. The summed E-state index contributed by atoms with van der Waals surface area (Å²) < 4.78 is 30.1. The number of carbonyl (C=O) groups excluding carboxylic acids is 1. The van der Waals surface area contributed by atoms with Gasteiger partial charge in [0.1, 0.15) is 5.75 Å². The van der Waals surface area contributed by atoms with Crippen molar-refractivity contribution in [1.82, 2.24) is 9.80 Å². The molecule has 1 aliphatic rings. The van der Waals surface area contributed by atoms with E-state index in [9.17, 15) is 13.2 Å². The Morgan fingerprint density at radius 2 is 1.59 bits per heavy atom. The second-order valence-corrected chi connectivity index (χ2v) is 9.50. The van der Waals surface area contributed by atoms with Crippen molar-refractivity contribution < 1.29 is 17.9 Å². The molecule has 1 heterocycles. The summed E-state index contributed by atoms with van der Waals surface area (Å²) in [6.45, 7) is 5.55. The van der Waals surface area contributed by atoms with Crippen LogP contribution in [0.5, 0.6) is 5.75 Å². The molecule has 0 spiro atoms. The molecule has 7 heteroatoms. The molecule has 2 aromatic carbocycles. The molecular formula is C22H28N2O4S. The summed E-state index contributed by atoms with van der Waals surface area (Å²) in [4.78, 5) is 16.8. The van der Waals surface area contributed by atoms with Crippen LogP contribution in [-0.4, -0.2) is 63.2 Å². The van der Waals surface area contributed by atoms with Crippen molar-refractivity contribution in [2.24, 2.45) is 0 Å². The highest BCUT2D eigenvalue weighted by Crippen LogP contribution is 2.16. The van der Waals surface area contributed by atoms with Gasteiger partial charge in [0, 0.05) is 39.1 Å². The molecule has 1 aliphatic heterocycles. The lowest BCUT2D eigenvalue weighted by Gasteiger charge is -2.34.